The molecule has 1 amide bonds. The minimum absolute atomic E-state index is 0.158. The van der Waals surface area contributed by atoms with E-state index in [9.17, 15) is 4.79 Å². The van der Waals surface area contributed by atoms with E-state index >= 15 is 0 Å². The second kappa shape index (κ2) is 7.95. The van der Waals surface area contributed by atoms with Crippen LogP contribution in [0.1, 0.15) is 39.2 Å². The summed E-state index contributed by atoms with van der Waals surface area (Å²) in [5, 5.41) is 2.10. The summed E-state index contributed by atoms with van der Waals surface area (Å²) >= 11 is 1.76. The van der Waals surface area contributed by atoms with Crippen LogP contribution >= 0.6 is 11.3 Å². The highest BCUT2D eigenvalue weighted by Crippen LogP contribution is 2.20. The molecule has 1 aromatic carbocycles. The van der Waals surface area contributed by atoms with Crippen molar-refractivity contribution in [2.24, 2.45) is 0 Å². The number of hydrogen-bond acceptors (Lipinski definition) is 3. The lowest BCUT2D eigenvalue weighted by atomic mass is 10.0. The Labute approximate surface area is 148 Å². The van der Waals surface area contributed by atoms with E-state index in [1.54, 1.807) is 11.3 Å². The molecule has 1 saturated heterocycles. The van der Waals surface area contributed by atoms with Crippen LogP contribution in [0.5, 0.6) is 0 Å². The number of ether oxygens (including phenoxy) is 1. The summed E-state index contributed by atoms with van der Waals surface area (Å²) in [4.78, 5) is 16.6. The fourth-order valence-corrected chi connectivity index (χ4v) is 4.09. The zero-order valence-electron chi connectivity index (χ0n) is 14.5. The van der Waals surface area contributed by atoms with Gasteiger partial charge in [-0.3, -0.25) is 4.79 Å². The normalized spacial score (nSPS) is 15.4. The molecule has 3 rings (SSSR count). The molecule has 24 heavy (non-hydrogen) atoms. The Balaban J connectivity index is 1.80. The van der Waals surface area contributed by atoms with Gasteiger partial charge in [0.1, 0.15) is 0 Å². The van der Waals surface area contributed by atoms with E-state index in [2.05, 4.69) is 28.5 Å². The predicted molar refractivity (Wildman–Crippen MR) is 98.8 cm³/mol. The number of rotatable bonds is 5. The molecular formula is C20H25NO2S. The quantitative estimate of drug-likeness (QED) is 0.813. The van der Waals surface area contributed by atoms with Crippen molar-refractivity contribution in [3.63, 3.8) is 0 Å². The molecule has 0 aliphatic carbocycles. The third kappa shape index (κ3) is 4.25. The topological polar surface area (TPSA) is 29.5 Å². The Kier molecular flexibility index (Phi) is 5.69. The number of carbonyl (C=O) groups excluding carboxylic acids is 1. The molecule has 2 aromatic rings. The lowest BCUT2D eigenvalue weighted by Gasteiger charge is -2.34. The molecule has 1 aliphatic heterocycles. The highest BCUT2D eigenvalue weighted by molar-refractivity contribution is 7.09. The van der Waals surface area contributed by atoms with Crippen LogP contribution in [-0.4, -0.2) is 36.6 Å². The molecule has 0 unspecified atom stereocenters. The van der Waals surface area contributed by atoms with Gasteiger partial charge in [-0.15, -0.1) is 11.3 Å². The van der Waals surface area contributed by atoms with Gasteiger partial charge in [-0.2, -0.15) is 0 Å². The van der Waals surface area contributed by atoms with E-state index in [1.807, 2.05) is 26.0 Å². The van der Waals surface area contributed by atoms with Crippen molar-refractivity contribution >= 4 is 17.2 Å². The van der Waals surface area contributed by atoms with Crippen LogP contribution in [0.4, 0.5) is 0 Å². The van der Waals surface area contributed by atoms with Crippen molar-refractivity contribution in [1.82, 2.24) is 4.90 Å². The van der Waals surface area contributed by atoms with Crippen LogP contribution in [0.25, 0.3) is 0 Å². The summed E-state index contributed by atoms with van der Waals surface area (Å²) in [6.45, 7) is 6.38. The molecule has 1 aromatic heterocycles. The minimum atomic E-state index is 0.158. The number of amides is 1. The summed E-state index contributed by atoms with van der Waals surface area (Å²) in [6, 6.07) is 10.6. The first kappa shape index (κ1) is 17.2. The molecule has 4 heteroatoms. The molecule has 0 saturated carbocycles. The first-order chi connectivity index (χ1) is 11.6. The molecule has 0 radical (unpaired) electrons. The Morgan fingerprint density at radius 2 is 1.92 bits per heavy atom. The zero-order valence-corrected chi connectivity index (χ0v) is 15.3. The highest BCUT2D eigenvalue weighted by Gasteiger charge is 2.26. The van der Waals surface area contributed by atoms with Gasteiger partial charge >= 0.3 is 0 Å². The van der Waals surface area contributed by atoms with E-state index in [0.29, 0.717) is 0 Å². The molecule has 2 heterocycles. The van der Waals surface area contributed by atoms with Crippen molar-refractivity contribution in [3.8, 4) is 0 Å². The zero-order chi connectivity index (χ0) is 16.9. The summed E-state index contributed by atoms with van der Waals surface area (Å²) in [5.41, 5.74) is 3.09. The average molecular weight is 343 g/mol. The number of carbonyl (C=O) groups is 1. The predicted octanol–water partition coefficient (Wildman–Crippen LogP) is 4.23. The van der Waals surface area contributed by atoms with E-state index < -0.39 is 0 Å². The van der Waals surface area contributed by atoms with Crippen molar-refractivity contribution in [1.29, 1.82) is 0 Å². The molecule has 0 N–H and O–H groups in total. The van der Waals surface area contributed by atoms with Crippen LogP contribution in [0, 0.1) is 13.8 Å². The lowest BCUT2D eigenvalue weighted by molar-refractivity contribution is 0.0294. The fraction of sp³-hybridized carbons (Fsp3) is 0.450. The van der Waals surface area contributed by atoms with Gasteiger partial charge in [-0.05, 0) is 56.7 Å². The van der Waals surface area contributed by atoms with Crippen molar-refractivity contribution < 1.29 is 9.53 Å². The molecule has 0 bridgehead atoms. The molecule has 1 aliphatic rings. The lowest BCUT2D eigenvalue weighted by Crippen LogP contribution is -2.44. The molecule has 128 valence electrons. The fourth-order valence-electron chi connectivity index (χ4n) is 3.40. The Bertz CT molecular complexity index is 655. The van der Waals surface area contributed by atoms with Crippen LogP contribution < -0.4 is 0 Å². The van der Waals surface area contributed by atoms with Crippen LogP contribution in [-0.2, 0) is 11.2 Å². The highest BCUT2D eigenvalue weighted by atomic mass is 32.1. The third-order valence-corrected chi connectivity index (χ3v) is 5.48. The third-order valence-electron chi connectivity index (χ3n) is 4.54. The number of hydrogen-bond donors (Lipinski definition) is 0. The van der Waals surface area contributed by atoms with Gasteiger partial charge in [0.25, 0.3) is 5.91 Å². The Morgan fingerprint density at radius 1 is 1.21 bits per heavy atom. The minimum Gasteiger partial charge on any atom is -0.381 e. The Hall–Kier alpha value is -1.65. The van der Waals surface area contributed by atoms with Crippen molar-refractivity contribution in [2.75, 3.05) is 19.8 Å². The van der Waals surface area contributed by atoms with Crippen molar-refractivity contribution in [3.05, 3.63) is 57.3 Å². The molecule has 0 atom stereocenters. The van der Waals surface area contributed by atoms with Gasteiger partial charge in [0.05, 0.1) is 0 Å². The Morgan fingerprint density at radius 3 is 2.54 bits per heavy atom. The maximum Gasteiger partial charge on any atom is 0.254 e. The van der Waals surface area contributed by atoms with Crippen LogP contribution in [0.2, 0.25) is 0 Å². The maximum atomic E-state index is 13.2. The van der Waals surface area contributed by atoms with Gasteiger partial charge in [0, 0.05) is 36.2 Å². The maximum absolute atomic E-state index is 13.2. The van der Waals surface area contributed by atoms with Gasteiger partial charge in [-0.1, -0.05) is 23.3 Å². The molecule has 3 nitrogen and oxygen atoms in total. The van der Waals surface area contributed by atoms with E-state index in [4.69, 9.17) is 4.74 Å². The first-order valence-corrected chi connectivity index (χ1v) is 9.51. The van der Waals surface area contributed by atoms with Crippen LogP contribution in [0.3, 0.4) is 0 Å². The smallest absolute Gasteiger partial charge is 0.254 e. The molecular weight excluding hydrogens is 318 g/mol. The number of benzene rings is 1. The number of thiophene rings is 1. The van der Waals surface area contributed by atoms with E-state index in [0.717, 1.165) is 55.7 Å². The van der Waals surface area contributed by atoms with E-state index in [-0.39, 0.29) is 11.9 Å². The summed E-state index contributed by atoms with van der Waals surface area (Å²) in [6.07, 6.45) is 2.79. The second-order valence-electron chi connectivity index (χ2n) is 6.55. The van der Waals surface area contributed by atoms with Gasteiger partial charge < -0.3 is 9.64 Å². The summed E-state index contributed by atoms with van der Waals surface area (Å²) < 4.78 is 5.49. The average Bonchev–Trinajstić information content (AvgIpc) is 3.08. The van der Waals surface area contributed by atoms with Gasteiger partial charge in [0.2, 0.25) is 0 Å². The first-order valence-electron chi connectivity index (χ1n) is 8.63. The number of aryl methyl sites for hydroxylation is 2. The van der Waals surface area contributed by atoms with Gasteiger partial charge in [-0.25, -0.2) is 0 Å². The standard InChI is InChI=1S/C20H25NO2S/c1-15-12-16(2)14-17(13-15)20(22)21(18-6-9-23-10-7-18)8-5-19-4-3-11-24-19/h3-4,11-14,18H,5-10H2,1-2H3. The summed E-state index contributed by atoms with van der Waals surface area (Å²) in [5.74, 6) is 0.158. The SMILES string of the molecule is Cc1cc(C)cc(C(=O)N(CCc2cccs2)C2CCOCC2)c1. The van der Waals surface area contributed by atoms with Crippen LogP contribution in [0.15, 0.2) is 35.7 Å². The van der Waals surface area contributed by atoms with E-state index in [1.165, 1.54) is 4.88 Å². The van der Waals surface area contributed by atoms with Gasteiger partial charge in [0.15, 0.2) is 0 Å². The van der Waals surface area contributed by atoms with Crippen molar-refractivity contribution in [2.45, 2.75) is 39.2 Å². The monoisotopic (exact) mass is 343 g/mol. The molecule has 0 spiro atoms. The summed E-state index contributed by atoms with van der Waals surface area (Å²) in [7, 11) is 0. The second-order valence-corrected chi connectivity index (χ2v) is 7.58. The largest absolute Gasteiger partial charge is 0.381 e. The number of nitrogens with zero attached hydrogens (tertiary/aromatic N) is 1. The molecule has 1 fully saturated rings.